The van der Waals surface area contributed by atoms with Crippen LogP contribution in [0.1, 0.15) is 64.4 Å². The first-order valence-electron chi connectivity index (χ1n) is 13.4. The summed E-state index contributed by atoms with van der Waals surface area (Å²) in [5.74, 6) is 3.42. The van der Waals surface area contributed by atoms with Crippen LogP contribution in [0.3, 0.4) is 0 Å². The lowest BCUT2D eigenvalue weighted by Crippen LogP contribution is -2.49. The second kappa shape index (κ2) is 10.4. The molecule has 8 heteroatoms. The Kier molecular flexibility index (Phi) is 7.24. The van der Waals surface area contributed by atoms with Crippen molar-refractivity contribution >= 4 is 18.0 Å². The van der Waals surface area contributed by atoms with Crippen molar-refractivity contribution in [2.45, 2.75) is 71.0 Å². The van der Waals surface area contributed by atoms with Crippen molar-refractivity contribution in [1.29, 1.82) is 0 Å². The first kappa shape index (κ1) is 25.1. The minimum atomic E-state index is -0.0774. The van der Waals surface area contributed by atoms with Gasteiger partial charge in [0.2, 0.25) is 5.91 Å². The largest absolute Gasteiger partial charge is 0.493 e. The van der Waals surface area contributed by atoms with Crippen LogP contribution in [0.5, 0.6) is 11.5 Å². The minimum Gasteiger partial charge on any atom is -0.493 e. The molecule has 2 amide bonds. The molecule has 1 N–H and O–H groups in total. The third kappa shape index (κ3) is 5.69. The van der Waals surface area contributed by atoms with E-state index in [0.29, 0.717) is 31.0 Å². The van der Waals surface area contributed by atoms with Gasteiger partial charge in [0.05, 0.1) is 25.5 Å². The van der Waals surface area contributed by atoms with Crippen molar-refractivity contribution in [3.8, 4) is 11.5 Å². The fourth-order valence-electron chi connectivity index (χ4n) is 7.56. The van der Waals surface area contributed by atoms with E-state index >= 15 is 0 Å². The number of nitrogens with zero attached hydrogens (tertiary/aromatic N) is 2. The summed E-state index contributed by atoms with van der Waals surface area (Å²) in [7, 11) is 1.56. The maximum atomic E-state index is 12.7. The topological polar surface area (TPSA) is 89.5 Å². The SMILES string of the molecule is COc1cc(C=NNC(=O)CC23CC4CC(CC(C4)C2)C3)ccc1OCC(=O)N1CC(C)OC(C)C1. The van der Waals surface area contributed by atoms with E-state index < -0.39 is 0 Å². The number of benzene rings is 1. The van der Waals surface area contributed by atoms with Gasteiger partial charge >= 0.3 is 0 Å². The minimum absolute atomic E-state index is 0.00498. The molecule has 36 heavy (non-hydrogen) atoms. The summed E-state index contributed by atoms with van der Waals surface area (Å²) in [5.41, 5.74) is 3.71. The molecule has 1 aliphatic heterocycles. The second-order valence-corrected chi connectivity index (χ2v) is 11.6. The summed E-state index contributed by atoms with van der Waals surface area (Å²) in [6, 6.07) is 5.37. The number of rotatable bonds is 8. The highest BCUT2D eigenvalue weighted by Crippen LogP contribution is 2.61. The monoisotopic (exact) mass is 497 g/mol. The number of carbonyl (C=O) groups excluding carboxylic acids is 2. The van der Waals surface area contributed by atoms with Gasteiger partial charge in [0.25, 0.3) is 5.91 Å². The molecule has 4 saturated carbocycles. The molecule has 0 aromatic heterocycles. The number of hydrazone groups is 1. The average Bonchev–Trinajstić information content (AvgIpc) is 2.81. The smallest absolute Gasteiger partial charge is 0.260 e. The molecular weight excluding hydrogens is 458 g/mol. The van der Waals surface area contributed by atoms with Gasteiger partial charge in [0.15, 0.2) is 18.1 Å². The summed E-state index contributed by atoms with van der Waals surface area (Å²) in [4.78, 5) is 27.1. The quantitative estimate of drug-likeness (QED) is 0.436. The number of hydrogen-bond donors (Lipinski definition) is 1. The summed E-state index contributed by atoms with van der Waals surface area (Å²) in [6.45, 7) is 4.99. The molecule has 5 fully saturated rings. The predicted molar refractivity (Wildman–Crippen MR) is 136 cm³/mol. The third-order valence-electron chi connectivity index (χ3n) is 8.41. The van der Waals surface area contributed by atoms with Gasteiger partial charge in [-0.15, -0.1) is 0 Å². The maximum absolute atomic E-state index is 12.7. The van der Waals surface area contributed by atoms with Gasteiger partial charge in [-0.25, -0.2) is 5.43 Å². The molecular formula is C28H39N3O5. The number of amides is 2. The van der Waals surface area contributed by atoms with Crippen molar-refractivity contribution in [1.82, 2.24) is 10.3 Å². The lowest BCUT2D eigenvalue weighted by Gasteiger charge is -2.56. The maximum Gasteiger partial charge on any atom is 0.260 e. The molecule has 0 radical (unpaired) electrons. The van der Waals surface area contributed by atoms with E-state index in [9.17, 15) is 9.59 Å². The Morgan fingerprint density at radius 3 is 2.33 bits per heavy atom. The molecule has 2 unspecified atom stereocenters. The zero-order valence-corrected chi connectivity index (χ0v) is 21.7. The first-order chi connectivity index (χ1) is 17.3. The molecule has 1 saturated heterocycles. The number of morpholine rings is 1. The van der Waals surface area contributed by atoms with Gasteiger partial charge in [-0.2, -0.15) is 5.10 Å². The van der Waals surface area contributed by atoms with Crippen molar-refractivity contribution in [3.63, 3.8) is 0 Å². The second-order valence-electron chi connectivity index (χ2n) is 11.6. The fourth-order valence-corrected chi connectivity index (χ4v) is 7.56. The molecule has 4 bridgehead atoms. The standard InChI is InChI=1S/C28H39N3O5/c1-18-15-31(16-19(2)36-18)27(33)17-35-24-5-4-20(9-25(24)34-3)14-29-30-26(32)13-28-10-21-6-22(11-28)8-23(7-21)12-28/h4-5,9,14,18-19,21-23H,6-8,10-13,15-17H2,1-3H3,(H,30,32). The lowest BCUT2D eigenvalue weighted by molar-refractivity contribution is -0.145. The van der Waals surface area contributed by atoms with Gasteiger partial charge in [0.1, 0.15) is 0 Å². The fraction of sp³-hybridized carbons (Fsp3) is 0.679. The van der Waals surface area contributed by atoms with Crippen LogP contribution in [0.4, 0.5) is 0 Å². The Hall–Kier alpha value is -2.61. The highest BCUT2D eigenvalue weighted by molar-refractivity contribution is 5.83. The van der Waals surface area contributed by atoms with E-state index in [1.807, 2.05) is 19.9 Å². The summed E-state index contributed by atoms with van der Waals surface area (Å²) < 4.78 is 16.9. The molecule has 0 spiro atoms. The molecule has 1 aromatic carbocycles. The number of carbonyl (C=O) groups is 2. The average molecular weight is 498 g/mol. The van der Waals surface area contributed by atoms with E-state index in [0.717, 1.165) is 23.3 Å². The Morgan fingerprint density at radius 1 is 1.08 bits per heavy atom. The normalized spacial score (nSPS) is 33.1. The number of methoxy groups -OCH3 is 1. The van der Waals surface area contributed by atoms with Crippen LogP contribution in [0.25, 0.3) is 0 Å². The molecule has 6 rings (SSSR count). The molecule has 1 aromatic rings. The predicted octanol–water partition coefficient (Wildman–Crippen LogP) is 3.77. The third-order valence-corrected chi connectivity index (χ3v) is 8.41. The van der Waals surface area contributed by atoms with E-state index in [-0.39, 0.29) is 36.0 Å². The molecule has 1 heterocycles. The van der Waals surface area contributed by atoms with Gasteiger partial charge in [-0.3, -0.25) is 9.59 Å². The Morgan fingerprint density at radius 2 is 1.72 bits per heavy atom. The van der Waals surface area contributed by atoms with E-state index in [4.69, 9.17) is 14.2 Å². The van der Waals surface area contributed by atoms with Gasteiger partial charge < -0.3 is 19.1 Å². The summed E-state index contributed by atoms with van der Waals surface area (Å²) in [6.07, 6.45) is 9.98. The van der Waals surface area contributed by atoms with E-state index in [2.05, 4.69) is 10.5 Å². The van der Waals surface area contributed by atoms with Crippen LogP contribution in [0, 0.1) is 23.2 Å². The van der Waals surface area contributed by atoms with Crippen LogP contribution in [-0.4, -0.2) is 61.9 Å². The molecule has 196 valence electrons. The van der Waals surface area contributed by atoms with Crippen LogP contribution >= 0.6 is 0 Å². The highest BCUT2D eigenvalue weighted by atomic mass is 16.5. The molecule has 5 aliphatic rings. The molecule has 2 atom stereocenters. The molecule has 4 aliphatic carbocycles. The summed E-state index contributed by atoms with van der Waals surface area (Å²) in [5, 5.41) is 4.20. The van der Waals surface area contributed by atoms with Crippen molar-refractivity contribution in [3.05, 3.63) is 23.8 Å². The lowest BCUT2D eigenvalue weighted by atomic mass is 9.49. The number of nitrogens with one attached hydrogen (secondary N) is 1. The number of hydrogen-bond acceptors (Lipinski definition) is 6. The van der Waals surface area contributed by atoms with Crippen molar-refractivity contribution < 1.29 is 23.8 Å². The zero-order valence-electron chi connectivity index (χ0n) is 21.7. The number of ether oxygens (including phenoxy) is 3. The van der Waals surface area contributed by atoms with Crippen LogP contribution < -0.4 is 14.9 Å². The Balaban J connectivity index is 1.12. The Bertz CT molecular complexity index is 964. The van der Waals surface area contributed by atoms with Gasteiger partial charge in [-0.05, 0) is 99.3 Å². The van der Waals surface area contributed by atoms with Crippen molar-refractivity contribution in [2.24, 2.45) is 28.3 Å². The highest BCUT2D eigenvalue weighted by Gasteiger charge is 2.51. The van der Waals surface area contributed by atoms with Crippen LogP contribution in [0.2, 0.25) is 0 Å². The Labute approximate surface area is 213 Å². The summed E-state index contributed by atoms with van der Waals surface area (Å²) >= 11 is 0. The first-order valence-corrected chi connectivity index (χ1v) is 13.4. The van der Waals surface area contributed by atoms with E-state index in [1.54, 1.807) is 30.4 Å². The van der Waals surface area contributed by atoms with Gasteiger partial charge in [0, 0.05) is 19.5 Å². The van der Waals surface area contributed by atoms with Crippen LogP contribution in [-0.2, 0) is 14.3 Å². The van der Waals surface area contributed by atoms with E-state index in [1.165, 1.54) is 38.5 Å². The zero-order chi connectivity index (χ0) is 25.3. The van der Waals surface area contributed by atoms with Crippen LogP contribution in [0.15, 0.2) is 23.3 Å². The van der Waals surface area contributed by atoms with Gasteiger partial charge in [-0.1, -0.05) is 0 Å². The van der Waals surface area contributed by atoms with Crippen molar-refractivity contribution in [2.75, 3.05) is 26.8 Å². The molecule has 8 nitrogen and oxygen atoms in total.